The van der Waals surface area contributed by atoms with E-state index in [4.69, 9.17) is 19.0 Å². The molecule has 1 saturated heterocycles. The topological polar surface area (TPSA) is 216 Å². The fourth-order valence-corrected chi connectivity index (χ4v) is 7.67. The van der Waals surface area contributed by atoms with Crippen molar-refractivity contribution in [3.63, 3.8) is 0 Å². The van der Waals surface area contributed by atoms with Crippen LogP contribution in [-0.2, 0) is 48.2 Å². The highest BCUT2D eigenvalue weighted by Crippen LogP contribution is 2.46. The molecule has 3 aliphatic carbocycles. The van der Waals surface area contributed by atoms with Gasteiger partial charge in [0, 0.05) is 25.4 Å². The predicted molar refractivity (Wildman–Crippen MR) is 186 cm³/mol. The maximum Gasteiger partial charge on any atom is 0.439 e. The number of hydrogen-bond donors (Lipinski definition) is 3. The maximum atomic E-state index is 14.3. The second kappa shape index (κ2) is 16.2. The SMILES string of the molecule is CCON(C(=O)OC1CC2C(=O)NC3(C(=O)NS(=O)(=O)C4CC4)CC3/C=C/CCCOCC(NC(=O)OC(C)(C)C)C(=O)N2C1)C1=CC=CCC1=C=O. The summed E-state index contributed by atoms with van der Waals surface area (Å²) in [4.78, 5) is 86.8. The Balaban J connectivity index is 1.44. The molecule has 5 rings (SSSR count). The minimum absolute atomic E-state index is 0.0246. The molecule has 0 aromatic rings. The number of hydroxylamine groups is 2. The van der Waals surface area contributed by atoms with E-state index in [1.54, 1.807) is 51.9 Å². The molecule has 5 atom stereocenters. The van der Waals surface area contributed by atoms with E-state index >= 15 is 0 Å². The van der Waals surface area contributed by atoms with E-state index in [1.165, 1.54) is 6.08 Å². The number of rotatable bonds is 8. The number of nitrogens with zero attached hydrogens (tertiary/aromatic N) is 2. The molecular weight excluding hydrogens is 714 g/mol. The van der Waals surface area contributed by atoms with Gasteiger partial charge < -0.3 is 29.7 Å². The van der Waals surface area contributed by atoms with Crippen LogP contribution < -0.4 is 15.4 Å². The van der Waals surface area contributed by atoms with Crippen LogP contribution in [-0.4, -0.2) is 115 Å². The molecule has 18 heteroatoms. The molecule has 0 bridgehead atoms. The van der Waals surface area contributed by atoms with Crippen LogP contribution in [0.4, 0.5) is 9.59 Å². The number of carbonyl (C=O) groups excluding carboxylic acids is 6. The Hall–Kier alpha value is -4.51. The highest BCUT2D eigenvalue weighted by atomic mass is 32.2. The van der Waals surface area contributed by atoms with Crippen LogP contribution in [0.25, 0.3) is 0 Å². The summed E-state index contributed by atoms with van der Waals surface area (Å²) in [5.41, 5.74) is -2.26. The quantitative estimate of drug-likeness (QED) is 0.183. The fourth-order valence-electron chi connectivity index (χ4n) is 6.31. The molecular formula is C35H47N5O12S. The molecule has 0 radical (unpaired) electrons. The molecule has 2 heterocycles. The maximum absolute atomic E-state index is 14.3. The van der Waals surface area contributed by atoms with Crippen LogP contribution in [0.15, 0.2) is 41.7 Å². The van der Waals surface area contributed by atoms with Crippen LogP contribution in [0.3, 0.4) is 0 Å². The molecule has 0 spiro atoms. The molecule has 2 aliphatic heterocycles. The van der Waals surface area contributed by atoms with Crippen molar-refractivity contribution >= 4 is 45.9 Å². The second-order valence-electron chi connectivity index (χ2n) is 14.5. The van der Waals surface area contributed by atoms with E-state index < -0.39 is 80.4 Å². The van der Waals surface area contributed by atoms with Gasteiger partial charge in [0.1, 0.15) is 35.3 Å². The lowest BCUT2D eigenvalue weighted by molar-refractivity contribution is -0.142. The van der Waals surface area contributed by atoms with E-state index in [0.29, 0.717) is 25.7 Å². The Kier molecular flexibility index (Phi) is 12.2. The lowest BCUT2D eigenvalue weighted by Crippen LogP contribution is -2.59. The molecule has 0 aromatic carbocycles. The number of nitrogens with one attached hydrogen (secondary N) is 3. The van der Waals surface area contributed by atoms with Crippen LogP contribution in [0.5, 0.6) is 0 Å². The zero-order valence-electron chi connectivity index (χ0n) is 30.3. The molecule has 0 aromatic heterocycles. The molecule has 53 heavy (non-hydrogen) atoms. The Labute approximate surface area is 308 Å². The summed E-state index contributed by atoms with van der Waals surface area (Å²) in [7, 11) is -3.96. The third-order valence-electron chi connectivity index (χ3n) is 9.17. The minimum Gasteiger partial charge on any atom is -0.444 e. The molecule has 2 saturated carbocycles. The Morgan fingerprint density at radius 3 is 2.62 bits per heavy atom. The van der Waals surface area contributed by atoms with Crippen LogP contribution in [0.2, 0.25) is 0 Å². The smallest absolute Gasteiger partial charge is 0.439 e. The van der Waals surface area contributed by atoms with Crippen molar-refractivity contribution in [1.29, 1.82) is 0 Å². The Morgan fingerprint density at radius 1 is 1.19 bits per heavy atom. The number of carbonyl (C=O) groups is 5. The van der Waals surface area contributed by atoms with Gasteiger partial charge in [-0.3, -0.25) is 23.9 Å². The third kappa shape index (κ3) is 9.73. The van der Waals surface area contributed by atoms with Crippen molar-refractivity contribution in [2.45, 2.75) is 107 Å². The average Bonchev–Trinajstić information content (AvgIpc) is 4.02. The summed E-state index contributed by atoms with van der Waals surface area (Å²) < 4.78 is 44.6. The first-order valence-electron chi connectivity index (χ1n) is 17.8. The summed E-state index contributed by atoms with van der Waals surface area (Å²) in [5, 5.41) is 5.39. The van der Waals surface area contributed by atoms with Crippen LogP contribution >= 0.6 is 0 Å². The van der Waals surface area contributed by atoms with E-state index in [9.17, 15) is 37.2 Å². The highest BCUT2D eigenvalue weighted by molar-refractivity contribution is 7.91. The predicted octanol–water partition coefficient (Wildman–Crippen LogP) is 1.69. The van der Waals surface area contributed by atoms with Gasteiger partial charge in [-0.1, -0.05) is 24.3 Å². The van der Waals surface area contributed by atoms with Crippen molar-refractivity contribution in [1.82, 2.24) is 25.3 Å². The highest BCUT2D eigenvalue weighted by Gasteiger charge is 2.62. The van der Waals surface area contributed by atoms with Gasteiger partial charge in [-0.05, 0) is 65.9 Å². The zero-order chi connectivity index (χ0) is 38.6. The fraction of sp³-hybridized carbons (Fsp3) is 0.629. The first kappa shape index (κ1) is 39.7. The summed E-state index contributed by atoms with van der Waals surface area (Å²) in [5.74, 6) is -1.17. The molecule has 5 unspecified atom stereocenters. The number of ether oxygens (including phenoxy) is 3. The first-order chi connectivity index (χ1) is 25.1. The number of sulfonamides is 1. The number of hydrogen-bond acceptors (Lipinski definition) is 12. The van der Waals surface area contributed by atoms with Gasteiger partial charge >= 0.3 is 12.2 Å². The third-order valence-corrected chi connectivity index (χ3v) is 11.0. The normalized spacial score (nSPS) is 28.4. The van der Waals surface area contributed by atoms with Gasteiger partial charge in [0.2, 0.25) is 21.8 Å². The Morgan fingerprint density at radius 2 is 1.94 bits per heavy atom. The van der Waals surface area contributed by atoms with Crippen molar-refractivity contribution in [3.8, 4) is 0 Å². The van der Waals surface area contributed by atoms with Crippen LogP contribution in [0, 0.1) is 5.92 Å². The molecule has 290 valence electrons. The van der Waals surface area contributed by atoms with Gasteiger partial charge in [-0.15, -0.1) is 0 Å². The molecule has 5 amide bonds. The number of alkyl carbamates (subject to hydrolysis) is 1. The lowest BCUT2D eigenvalue weighted by Gasteiger charge is -2.30. The second-order valence-corrected chi connectivity index (χ2v) is 16.5. The van der Waals surface area contributed by atoms with E-state index in [1.807, 2.05) is 6.08 Å². The molecule has 17 nitrogen and oxygen atoms in total. The zero-order valence-corrected chi connectivity index (χ0v) is 31.1. The summed E-state index contributed by atoms with van der Waals surface area (Å²) in [6.45, 7) is 6.23. The number of amides is 5. The average molecular weight is 762 g/mol. The molecule has 5 aliphatic rings. The van der Waals surface area contributed by atoms with Crippen LogP contribution in [0.1, 0.15) is 72.6 Å². The van der Waals surface area contributed by atoms with Crippen molar-refractivity contribution in [3.05, 3.63) is 41.7 Å². The minimum atomic E-state index is -3.96. The summed E-state index contributed by atoms with van der Waals surface area (Å²) >= 11 is 0. The first-order valence-corrected chi connectivity index (χ1v) is 19.3. The van der Waals surface area contributed by atoms with Gasteiger partial charge in [-0.2, -0.15) is 5.06 Å². The van der Waals surface area contributed by atoms with Gasteiger partial charge in [0.05, 0.1) is 36.3 Å². The van der Waals surface area contributed by atoms with Crippen molar-refractivity contribution in [2.75, 3.05) is 26.4 Å². The molecule has 3 fully saturated rings. The lowest BCUT2D eigenvalue weighted by atomic mass is 10.1. The monoisotopic (exact) mass is 761 g/mol. The number of fused-ring (bicyclic) bond motifs is 2. The largest absolute Gasteiger partial charge is 0.444 e. The number of allylic oxidation sites excluding steroid dienone is 5. The standard InChI is InChI=1S/C35H47N5O12S/c1-5-50-40(27-13-9-8-11-22(27)20-41)33(46)51-24-17-28-29(42)37-35(31(44)38-53(47,48)25-14-15-25)18-23(35)12-7-6-10-16-49-21-26(30(43)39(28)19-24)36-32(45)52-34(2,3)4/h7-9,12-13,23-26,28H,5-6,10-11,14-19,21H2,1-4H3,(H,36,45)(H,37,42)(H,38,44)/b12-7+. The molecule has 3 N–H and O–H groups in total. The van der Waals surface area contributed by atoms with Gasteiger partial charge in [-0.25, -0.2) is 22.8 Å². The summed E-state index contributed by atoms with van der Waals surface area (Å²) in [6, 6.07) is -2.67. The van der Waals surface area contributed by atoms with E-state index in [0.717, 1.165) is 9.96 Å². The van der Waals surface area contributed by atoms with Crippen molar-refractivity contribution < 1.29 is 56.2 Å². The Bertz CT molecular complexity index is 1730. The van der Waals surface area contributed by atoms with Gasteiger partial charge in [0.25, 0.3) is 5.91 Å². The van der Waals surface area contributed by atoms with Crippen molar-refractivity contribution in [2.24, 2.45) is 5.92 Å². The van der Waals surface area contributed by atoms with E-state index in [2.05, 4.69) is 15.4 Å². The summed E-state index contributed by atoms with van der Waals surface area (Å²) in [6.07, 6.45) is 7.30. The van der Waals surface area contributed by atoms with E-state index in [-0.39, 0.29) is 56.9 Å². The van der Waals surface area contributed by atoms with Gasteiger partial charge in [0.15, 0.2) is 0 Å².